The first-order valence-corrected chi connectivity index (χ1v) is 8.60. The summed E-state index contributed by atoms with van der Waals surface area (Å²) in [6.07, 6.45) is 2.55. The van der Waals surface area contributed by atoms with Gasteiger partial charge in [0.15, 0.2) is 0 Å². The van der Waals surface area contributed by atoms with Gasteiger partial charge in [-0.3, -0.25) is 0 Å². The standard InChI is InChI=1S/C19H32N2/c1-5-21-13-18(17-8-6-16(4)7-9-17)12-19(14-21)20-11-10-15(2)3/h6-9,15,18-20H,5,10-14H2,1-4H3. The van der Waals surface area contributed by atoms with Crippen molar-refractivity contribution >= 4 is 0 Å². The van der Waals surface area contributed by atoms with E-state index >= 15 is 0 Å². The van der Waals surface area contributed by atoms with Crippen LogP contribution >= 0.6 is 0 Å². The van der Waals surface area contributed by atoms with Crippen LogP contribution in [-0.4, -0.2) is 37.1 Å². The molecule has 2 nitrogen and oxygen atoms in total. The molecule has 1 saturated heterocycles. The Labute approximate surface area is 130 Å². The molecule has 2 atom stereocenters. The highest BCUT2D eigenvalue weighted by molar-refractivity contribution is 5.25. The smallest absolute Gasteiger partial charge is 0.0201 e. The number of nitrogens with one attached hydrogen (secondary N) is 1. The Kier molecular flexibility index (Phi) is 6.25. The van der Waals surface area contributed by atoms with Gasteiger partial charge in [-0.15, -0.1) is 0 Å². The van der Waals surface area contributed by atoms with E-state index in [4.69, 9.17) is 0 Å². The van der Waals surface area contributed by atoms with Crippen molar-refractivity contribution < 1.29 is 0 Å². The molecule has 1 heterocycles. The lowest BCUT2D eigenvalue weighted by atomic mass is 9.87. The summed E-state index contributed by atoms with van der Waals surface area (Å²) in [6, 6.07) is 9.79. The molecule has 2 rings (SSSR count). The molecule has 0 amide bonds. The van der Waals surface area contributed by atoms with Gasteiger partial charge < -0.3 is 10.2 Å². The van der Waals surface area contributed by atoms with Crippen LogP contribution in [0.1, 0.15) is 50.7 Å². The fraction of sp³-hybridized carbons (Fsp3) is 0.684. The van der Waals surface area contributed by atoms with Gasteiger partial charge in [-0.1, -0.05) is 50.6 Å². The highest BCUT2D eigenvalue weighted by atomic mass is 15.2. The van der Waals surface area contributed by atoms with Crippen molar-refractivity contribution in [2.24, 2.45) is 5.92 Å². The summed E-state index contributed by atoms with van der Waals surface area (Å²) in [5, 5.41) is 3.79. The quantitative estimate of drug-likeness (QED) is 0.856. The van der Waals surface area contributed by atoms with Crippen molar-refractivity contribution in [3.63, 3.8) is 0 Å². The van der Waals surface area contributed by atoms with E-state index in [0.717, 1.165) is 19.0 Å². The fourth-order valence-corrected chi connectivity index (χ4v) is 3.25. The van der Waals surface area contributed by atoms with Crippen molar-refractivity contribution in [2.45, 2.75) is 52.5 Å². The molecular weight excluding hydrogens is 256 g/mol. The number of benzene rings is 1. The van der Waals surface area contributed by atoms with Gasteiger partial charge in [-0.2, -0.15) is 0 Å². The van der Waals surface area contributed by atoms with E-state index in [2.05, 4.69) is 62.2 Å². The number of hydrogen-bond donors (Lipinski definition) is 1. The van der Waals surface area contributed by atoms with Crippen LogP contribution in [-0.2, 0) is 0 Å². The Morgan fingerprint density at radius 2 is 1.90 bits per heavy atom. The average molecular weight is 288 g/mol. The Bertz CT molecular complexity index is 410. The van der Waals surface area contributed by atoms with E-state index in [0.29, 0.717) is 12.0 Å². The lowest BCUT2D eigenvalue weighted by molar-refractivity contribution is 0.178. The van der Waals surface area contributed by atoms with Crippen LogP contribution < -0.4 is 5.32 Å². The normalized spacial score (nSPS) is 23.7. The minimum absolute atomic E-state index is 0.642. The third-order valence-corrected chi connectivity index (χ3v) is 4.68. The van der Waals surface area contributed by atoms with Crippen LogP contribution in [0.25, 0.3) is 0 Å². The Balaban J connectivity index is 1.96. The van der Waals surface area contributed by atoms with E-state index in [1.54, 1.807) is 0 Å². The van der Waals surface area contributed by atoms with Crippen LogP contribution in [0.4, 0.5) is 0 Å². The Morgan fingerprint density at radius 1 is 1.19 bits per heavy atom. The van der Waals surface area contributed by atoms with Crippen LogP contribution in [0.2, 0.25) is 0 Å². The van der Waals surface area contributed by atoms with Gasteiger partial charge in [0.05, 0.1) is 0 Å². The highest BCUT2D eigenvalue weighted by Crippen LogP contribution is 2.27. The maximum atomic E-state index is 3.79. The molecule has 0 spiro atoms. The molecule has 1 N–H and O–H groups in total. The zero-order valence-corrected chi connectivity index (χ0v) is 14.2. The lowest BCUT2D eigenvalue weighted by Crippen LogP contribution is -2.48. The summed E-state index contributed by atoms with van der Waals surface area (Å²) in [5.74, 6) is 1.46. The molecular formula is C19H32N2. The fourth-order valence-electron chi connectivity index (χ4n) is 3.25. The number of aryl methyl sites for hydroxylation is 1. The molecule has 1 aliphatic rings. The molecule has 0 aromatic heterocycles. The van der Waals surface area contributed by atoms with E-state index in [-0.39, 0.29) is 0 Å². The molecule has 21 heavy (non-hydrogen) atoms. The van der Waals surface area contributed by atoms with Crippen molar-refractivity contribution in [1.29, 1.82) is 0 Å². The largest absolute Gasteiger partial charge is 0.313 e. The van der Waals surface area contributed by atoms with Gasteiger partial charge in [0.25, 0.3) is 0 Å². The third kappa shape index (κ3) is 5.12. The second-order valence-electron chi connectivity index (χ2n) is 7.03. The van der Waals surface area contributed by atoms with Gasteiger partial charge >= 0.3 is 0 Å². The summed E-state index contributed by atoms with van der Waals surface area (Å²) < 4.78 is 0. The summed E-state index contributed by atoms with van der Waals surface area (Å²) in [5.41, 5.74) is 2.86. The van der Waals surface area contributed by atoms with E-state index in [1.807, 2.05) is 0 Å². The number of piperidine rings is 1. The summed E-state index contributed by atoms with van der Waals surface area (Å²) >= 11 is 0. The summed E-state index contributed by atoms with van der Waals surface area (Å²) in [6.45, 7) is 13.8. The number of hydrogen-bond acceptors (Lipinski definition) is 2. The van der Waals surface area contributed by atoms with Crippen LogP contribution in [0.15, 0.2) is 24.3 Å². The highest BCUT2D eigenvalue weighted by Gasteiger charge is 2.27. The van der Waals surface area contributed by atoms with Gasteiger partial charge in [-0.05, 0) is 50.3 Å². The van der Waals surface area contributed by atoms with Crippen molar-refractivity contribution in [3.05, 3.63) is 35.4 Å². The topological polar surface area (TPSA) is 15.3 Å². The predicted octanol–water partition coefficient (Wildman–Crippen LogP) is 3.81. The van der Waals surface area contributed by atoms with E-state index < -0.39 is 0 Å². The molecule has 0 aliphatic carbocycles. The monoisotopic (exact) mass is 288 g/mol. The van der Waals surface area contributed by atoms with Crippen LogP contribution in [0.5, 0.6) is 0 Å². The Hall–Kier alpha value is -0.860. The maximum Gasteiger partial charge on any atom is 0.0201 e. The molecule has 0 bridgehead atoms. The molecule has 1 aromatic rings. The first kappa shape index (κ1) is 16.5. The Morgan fingerprint density at radius 3 is 2.52 bits per heavy atom. The van der Waals surface area contributed by atoms with Crippen molar-refractivity contribution in [3.8, 4) is 0 Å². The van der Waals surface area contributed by atoms with E-state index in [1.165, 1.54) is 37.1 Å². The number of nitrogens with zero attached hydrogens (tertiary/aromatic N) is 1. The number of likely N-dealkylation sites (tertiary alicyclic amines) is 1. The number of likely N-dealkylation sites (N-methyl/N-ethyl adjacent to an activating group) is 1. The van der Waals surface area contributed by atoms with Crippen LogP contribution in [0, 0.1) is 12.8 Å². The predicted molar refractivity (Wildman–Crippen MR) is 91.9 cm³/mol. The second-order valence-corrected chi connectivity index (χ2v) is 7.03. The zero-order chi connectivity index (χ0) is 15.2. The molecule has 0 saturated carbocycles. The summed E-state index contributed by atoms with van der Waals surface area (Å²) in [4.78, 5) is 2.60. The molecule has 118 valence electrons. The zero-order valence-electron chi connectivity index (χ0n) is 14.2. The molecule has 2 heteroatoms. The SMILES string of the molecule is CCN1CC(NCCC(C)C)CC(c2ccc(C)cc2)C1. The first-order chi connectivity index (χ1) is 10.1. The van der Waals surface area contributed by atoms with Gasteiger partial charge in [0.2, 0.25) is 0 Å². The van der Waals surface area contributed by atoms with Gasteiger partial charge in [0.1, 0.15) is 0 Å². The molecule has 1 fully saturated rings. The molecule has 1 aromatic carbocycles. The minimum atomic E-state index is 0.642. The third-order valence-electron chi connectivity index (χ3n) is 4.68. The summed E-state index contributed by atoms with van der Waals surface area (Å²) in [7, 11) is 0. The average Bonchev–Trinajstić information content (AvgIpc) is 2.47. The number of rotatable bonds is 6. The van der Waals surface area contributed by atoms with Gasteiger partial charge in [0, 0.05) is 19.1 Å². The minimum Gasteiger partial charge on any atom is -0.313 e. The molecule has 2 unspecified atom stereocenters. The van der Waals surface area contributed by atoms with Crippen molar-refractivity contribution in [2.75, 3.05) is 26.2 Å². The van der Waals surface area contributed by atoms with Crippen molar-refractivity contribution in [1.82, 2.24) is 10.2 Å². The van der Waals surface area contributed by atoms with E-state index in [9.17, 15) is 0 Å². The molecule has 1 aliphatic heterocycles. The van der Waals surface area contributed by atoms with Crippen LogP contribution in [0.3, 0.4) is 0 Å². The first-order valence-electron chi connectivity index (χ1n) is 8.60. The van der Waals surface area contributed by atoms with Gasteiger partial charge in [-0.25, -0.2) is 0 Å². The second kappa shape index (κ2) is 7.95. The lowest BCUT2D eigenvalue weighted by Gasteiger charge is -2.38. The molecule has 0 radical (unpaired) electrons. The maximum absolute atomic E-state index is 3.79.